The number of carbonyl (C=O) groups is 1. The number of aliphatic hydroxyl groups is 3. The Labute approximate surface area is 152 Å². The molecule has 0 saturated carbocycles. The Hall–Kier alpha value is -2.66. The first-order valence-electron chi connectivity index (χ1n) is 8.03. The van der Waals surface area contributed by atoms with Crippen molar-refractivity contribution in [3.8, 4) is 11.5 Å². The predicted octanol–water partition coefficient (Wildman–Crippen LogP) is -0.752. The highest BCUT2D eigenvalue weighted by Gasteiger charge is 2.45. The van der Waals surface area contributed by atoms with Gasteiger partial charge in [0.2, 0.25) is 6.29 Å². The predicted molar refractivity (Wildman–Crippen MR) is 88.1 cm³/mol. The summed E-state index contributed by atoms with van der Waals surface area (Å²) in [4.78, 5) is 22.3. The smallest absolute Gasteiger partial charge is 0.336 e. The maximum Gasteiger partial charge on any atom is 0.336 e. The molecule has 1 aromatic heterocycles. The van der Waals surface area contributed by atoms with Crippen molar-refractivity contribution in [2.24, 2.45) is 0 Å². The third kappa shape index (κ3) is 4.03. The van der Waals surface area contributed by atoms with Crippen LogP contribution in [0.15, 0.2) is 33.5 Å². The number of aliphatic hydroxyl groups excluding tert-OH is 3. The van der Waals surface area contributed by atoms with Crippen molar-refractivity contribution in [1.82, 2.24) is 0 Å². The lowest BCUT2D eigenvalue weighted by atomic mass is 9.99. The molecule has 3 rings (SSSR count). The molecule has 1 aliphatic heterocycles. The molecule has 146 valence electrons. The van der Waals surface area contributed by atoms with Gasteiger partial charge in [-0.05, 0) is 12.1 Å². The zero-order valence-corrected chi connectivity index (χ0v) is 14.1. The second-order valence-corrected chi connectivity index (χ2v) is 6.05. The average Bonchev–Trinajstić information content (AvgIpc) is 2.61. The minimum Gasteiger partial charge on any atom is -0.504 e. The average molecular weight is 382 g/mol. The van der Waals surface area contributed by atoms with Gasteiger partial charge in [0.05, 0.1) is 0 Å². The summed E-state index contributed by atoms with van der Waals surface area (Å²) >= 11 is 0. The third-order valence-electron chi connectivity index (χ3n) is 4.06. The van der Waals surface area contributed by atoms with Crippen LogP contribution in [0.1, 0.15) is 6.92 Å². The molecular weight excluding hydrogens is 364 g/mol. The van der Waals surface area contributed by atoms with Crippen LogP contribution >= 0.6 is 0 Å². The largest absolute Gasteiger partial charge is 0.504 e. The van der Waals surface area contributed by atoms with Crippen molar-refractivity contribution in [2.45, 2.75) is 37.6 Å². The maximum atomic E-state index is 11.3. The van der Waals surface area contributed by atoms with Gasteiger partial charge >= 0.3 is 11.6 Å². The topological polar surface area (TPSA) is 156 Å². The highest BCUT2D eigenvalue weighted by Crippen LogP contribution is 2.33. The van der Waals surface area contributed by atoms with E-state index in [1.807, 2.05) is 0 Å². The van der Waals surface area contributed by atoms with Crippen LogP contribution in [0.5, 0.6) is 11.5 Å². The maximum absolute atomic E-state index is 11.3. The van der Waals surface area contributed by atoms with E-state index in [2.05, 4.69) is 0 Å². The summed E-state index contributed by atoms with van der Waals surface area (Å²) in [6.45, 7) is 0.786. The Balaban J connectivity index is 1.84. The molecular formula is C17H18O10. The van der Waals surface area contributed by atoms with Crippen molar-refractivity contribution in [1.29, 1.82) is 0 Å². The Morgan fingerprint density at radius 1 is 1.15 bits per heavy atom. The molecule has 5 unspecified atom stereocenters. The molecule has 27 heavy (non-hydrogen) atoms. The van der Waals surface area contributed by atoms with Gasteiger partial charge in [-0.2, -0.15) is 0 Å². The van der Waals surface area contributed by atoms with Crippen LogP contribution in [0.4, 0.5) is 0 Å². The van der Waals surface area contributed by atoms with Crippen LogP contribution in [0.3, 0.4) is 0 Å². The summed E-state index contributed by atoms with van der Waals surface area (Å²) in [6.07, 6.45) is -7.50. The quantitative estimate of drug-likeness (QED) is 0.392. The van der Waals surface area contributed by atoms with E-state index in [4.69, 9.17) is 18.6 Å². The molecule has 4 N–H and O–H groups in total. The molecule has 1 fully saturated rings. The van der Waals surface area contributed by atoms with E-state index < -0.39 is 42.3 Å². The fourth-order valence-corrected chi connectivity index (χ4v) is 2.66. The van der Waals surface area contributed by atoms with Crippen LogP contribution in [0.25, 0.3) is 11.0 Å². The lowest BCUT2D eigenvalue weighted by Crippen LogP contribution is -2.60. The molecule has 1 aromatic carbocycles. The summed E-state index contributed by atoms with van der Waals surface area (Å²) in [5, 5.41) is 40.6. The molecule has 0 spiro atoms. The van der Waals surface area contributed by atoms with Crippen molar-refractivity contribution in [3.63, 3.8) is 0 Å². The zero-order valence-electron chi connectivity index (χ0n) is 14.1. The first-order valence-corrected chi connectivity index (χ1v) is 8.03. The second kappa shape index (κ2) is 7.53. The molecule has 0 aliphatic carbocycles. The Bertz CT molecular complexity index is 891. The van der Waals surface area contributed by atoms with E-state index in [1.165, 1.54) is 24.3 Å². The van der Waals surface area contributed by atoms with E-state index in [1.54, 1.807) is 0 Å². The normalized spacial score (nSPS) is 28.1. The number of fused-ring (bicyclic) bond motifs is 1. The summed E-state index contributed by atoms with van der Waals surface area (Å²) in [5.74, 6) is -1.13. The first kappa shape index (κ1) is 19.1. The number of esters is 1. The van der Waals surface area contributed by atoms with E-state index in [0.717, 1.165) is 6.92 Å². The Morgan fingerprint density at radius 2 is 1.89 bits per heavy atom. The van der Waals surface area contributed by atoms with E-state index >= 15 is 0 Å². The first-order chi connectivity index (χ1) is 12.8. The standard InChI is InChI=1S/C17H18O10/c1-7(18)24-6-12-14(21)15(22)16(23)17(27-12)26-11-5-10-8(4-9(11)19)2-3-13(20)25-10/h2-5,12,14-17,19,21-23H,6H2,1H3. The number of hydrogen-bond acceptors (Lipinski definition) is 10. The van der Waals surface area contributed by atoms with Gasteiger partial charge in [0.15, 0.2) is 11.5 Å². The van der Waals surface area contributed by atoms with Gasteiger partial charge in [-0.1, -0.05) is 0 Å². The van der Waals surface area contributed by atoms with Crippen LogP contribution in [-0.2, 0) is 14.3 Å². The van der Waals surface area contributed by atoms with Crippen LogP contribution in [0, 0.1) is 0 Å². The van der Waals surface area contributed by atoms with Crippen molar-refractivity contribution < 1.29 is 43.8 Å². The second-order valence-electron chi connectivity index (χ2n) is 6.05. The number of phenols is 1. The number of phenolic OH excluding ortho intramolecular Hbond substituents is 1. The van der Waals surface area contributed by atoms with Gasteiger partial charge in [0, 0.05) is 24.4 Å². The van der Waals surface area contributed by atoms with Gasteiger partial charge in [-0.3, -0.25) is 4.79 Å². The molecule has 0 amide bonds. The monoisotopic (exact) mass is 382 g/mol. The molecule has 2 aromatic rings. The number of benzene rings is 1. The molecule has 1 saturated heterocycles. The summed E-state index contributed by atoms with van der Waals surface area (Å²) in [6, 6.07) is 5.14. The minimum absolute atomic E-state index is 0.123. The molecule has 10 nitrogen and oxygen atoms in total. The summed E-state index contributed by atoms with van der Waals surface area (Å²) in [7, 11) is 0. The number of hydrogen-bond donors (Lipinski definition) is 4. The van der Waals surface area contributed by atoms with Crippen molar-refractivity contribution in [3.05, 3.63) is 34.7 Å². The zero-order chi connectivity index (χ0) is 19.7. The fraction of sp³-hybridized carbons (Fsp3) is 0.412. The minimum atomic E-state index is -1.66. The Kier molecular flexibility index (Phi) is 5.33. The number of aromatic hydroxyl groups is 1. The third-order valence-corrected chi connectivity index (χ3v) is 4.06. The molecule has 10 heteroatoms. The summed E-state index contributed by atoms with van der Waals surface area (Å²) < 4.78 is 20.5. The van der Waals surface area contributed by atoms with E-state index in [0.29, 0.717) is 5.39 Å². The van der Waals surface area contributed by atoms with Crippen LogP contribution in [-0.4, -0.2) is 63.7 Å². The van der Waals surface area contributed by atoms with Crippen LogP contribution in [0.2, 0.25) is 0 Å². The highest BCUT2D eigenvalue weighted by atomic mass is 16.7. The number of carbonyl (C=O) groups excluding carboxylic acids is 1. The Morgan fingerprint density at radius 3 is 2.59 bits per heavy atom. The van der Waals surface area contributed by atoms with E-state index in [9.17, 15) is 30.0 Å². The van der Waals surface area contributed by atoms with Crippen LogP contribution < -0.4 is 10.4 Å². The van der Waals surface area contributed by atoms with E-state index in [-0.39, 0.29) is 23.7 Å². The van der Waals surface area contributed by atoms with Gasteiger partial charge in [-0.15, -0.1) is 0 Å². The molecule has 1 aliphatic rings. The summed E-state index contributed by atoms with van der Waals surface area (Å²) in [5.41, 5.74) is -0.481. The van der Waals surface area contributed by atoms with Crippen molar-refractivity contribution >= 4 is 16.9 Å². The van der Waals surface area contributed by atoms with Gasteiger partial charge in [0.1, 0.15) is 36.6 Å². The molecule has 0 bridgehead atoms. The number of ether oxygens (including phenoxy) is 3. The van der Waals surface area contributed by atoms with Gasteiger partial charge in [-0.25, -0.2) is 4.79 Å². The lowest BCUT2D eigenvalue weighted by molar-refractivity contribution is -0.278. The van der Waals surface area contributed by atoms with Gasteiger partial charge < -0.3 is 39.1 Å². The highest BCUT2D eigenvalue weighted by molar-refractivity contribution is 5.80. The fourth-order valence-electron chi connectivity index (χ4n) is 2.66. The lowest BCUT2D eigenvalue weighted by Gasteiger charge is -2.39. The molecule has 5 atom stereocenters. The number of rotatable bonds is 4. The molecule has 2 heterocycles. The SMILES string of the molecule is CC(=O)OCC1OC(Oc2cc3oc(=O)ccc3cc2O)C(O)C(O)C1O. The van der Waals surface area contributed by atoms with Gasteiger partial charge in [0.25, 0.3) is 0 Å². The molecule has 0 radical (unpaired) electrons. The van der Waals surface area contributed by atoms with Crippen molar-refractivity contribution in [2.75, 3.05) is 6.61 Å².